The second-order valence-corrected chi connectivity index (χ2v) is 6.05. The molecular formula is C18H28N2O. The largest absolute Gasteiger partial charge is 0.352 e. The van der Waals surface area contributed by atoms with Gasteiger partial charge in [0.15, 0.2) is 0 Å². The fourth-order valence-electron chi connectivity index (χ4n) is 3.15. The summed E-state index contributed by atoms with van der Waals surface area (Å²) in [6.45, 7) is 7.03. The monoisotopic (exact) mass is 288 g/mol. The van der Waals surface area contributed by atoms with Crippen molar-refractivity contribution in [2.75, 3.05) is 13.1 Å². The molecule has 1 unspecified atom stereocenters. The van der Waals surface area contributed by atoms with Crippen LogP contribution in [0.5, 0.6) is 0 Å². The predicted molar refractivity (Wildman–Crippen MR) is 87.1 cm³/mol. The van der Waals surface area contributed by atoms with E-state index in [1.54, 1.807) is 0 Å². The molecule has 0 aromatic heterocycles. The Morgan fingerprint density at radius 3 is 2.90 bits per heavy atom. The van der Waals surface area contributed by atoms with Crippen LogP contribution in [-0.2, 0) is 11.3 Å². The standard InChI is InChI=1S/C18H28N2O/c1-3-17-10-6-7-12-20(17)13-11-18(21)19-14-16-9-5-4-8-15(16)2/h4-5,8-9,17H,3,6-7,10-14H2,1-2H3,(H,19,21). The Hall–Kier alpha value is -1.35. The van der Waals surface area contributed by atoms with Crippen LogP contribution in [0.4, 0.5) is 0 Å². The molecule has 1 N–H and O–H groups in total. The van der Waals surface area contributed by atoms with Crippen molar-refractivity contribution in [3.05, 3.63) is 35.4 Å². The summed E-state index contributed by atoms with van der Waals surface area (Å²) in [7, 11) is 0. The summed E-state index contributed by atoms with van der Waals surface area (Å²) in [6.07, 6.45) is 5.73. The van der Waals surface area contributed by atoms with E-state index < -0.39 is 0 Å². The molecule has 1 aliphatic heterocycles. The van der Waals surface area contributed by atoms with Gasteiger partial charge in [0, 0.05) is 25.6 Å². The first-order chi connectivity index (χ1) is 10.2. The SMILES string of the molecule is CCC1CCCCN1CCC(=O)NCc1ccccc1C. The highest BCUT2D eigenvalue weighted by molar-refractivity contribution is 5.76. The average Bonchev–Trinajstić information content (AvgIpc) is 2.52. The maximum Gasteiger partial charge on any atom is 0.221 e. The third-order valence-corrected chi connectivity index (χ3v) is 4.58. The number of carbonyl (C=O) groups is 1. The Morgan fingerprint density at radius 1 is 1.33 bits per heavy atom. The normalized spacial score (nSPS) is 19.4. The molecule has 116 valence electrons. The van der Waals surface area contributed by atoms with Crippen molar-refractivity contribution in [3.8, 4) is 0 Å². The van der Waals surface area contributed by atoms with Gasteiger partial charge >= 0.3 is 0 Å². The van der Waals surface area contributed by atoms with Crippen LogP contribution in [0, 0.1) is 6.92 Å². The van der Waals surface area contributed by atoms with E-state index in [1.165, 1.54) is 36.8 Å². The van der Waals surface area contributed by atoms with Crippen molar-refractivity contribution in [2.45, 2.75) is 58.5 Å². The first-order valence-electron chi connectivity index (χ1n) is 8.26. The third-order valence-electron chi connectivity index (χ3n) is 4.58. The minimum absolute atomic E-state index is 0.165. The zero-order valence-electron chi connectivity index (χ0n) is 13.4. The van der Waals surface area contributed by atoms with Gasteiger partial charge in [-0.05, 0) is 43.9 Å². The van der Waals surface area contributed by atoms with Crippen LogP contribution in [0.1, 0.15) is 50.2 Å². The molecule has 21 heavy (non-hydrogen) atoms. The van der Waals surface area contributed by atoms with Crippen LogP contribution >= 0.6 is 0 Å². The number of benzene rings is 1. The predicted octanol–water partition coefficient (Wildman–Crippen LogP) is 3.27. The number of likely N-dealkylation sites (tertiary alicyclic amines) is 1. The highest BCUT2D eigenvalue weighted by Crippen LogP contribution is 2.19. The highest BCUT2D eigenvalue weighted by atomic mass is 16.1. The lowest BCUT2D eigenvalue weighted by molar-refractivity contribution is -0.121. The molecule has 0 spiro atoms. The van der Waals surface area contributed by atoms with Crippen molar-refractivity contribution < 1.29 is 4.79 Å². The van der Waals surface area contributed by atoms with Gasteiger partial charge in [-0.2, -0.15) is 0 Å². The van der Waals surface area contributed by atoms with E-state index in [4.69, 9.17) is 0 Å². The Morgan fingerprint density at radius 2 is 2.14 bits per heavy atom. The molecule has 3 heteroatoms. The second kappa shape index (κ2) is 8.18. The molecular weight excluding hydrogens is 260 g/mol. The van der Waals surface area contributed by atoms with Gasteiger partial charge < -0.3 is 5.32 Å². The van der Waals surface area contributed by atoms with Gasteiger partial charge in [0.05, 0.1) is 0 Å². The molecule has 1 saturated heterocycles. The topological polar surface area (TPSA) is 32.3 Å². The summed E-state index contributed by atoms with van der Waals surface area (Å²) in [5.74, 6) is 0.165. The number of piperidine rings is 1. The molecule has 2 rings (SSSR count). The maximum atomic E-state index is 12.0. The number of amides is 1. The van der Waals surface area contributed by atoms with E-state index in [1.807, 2.05) is 12.1 Å². The summed E-state index contributed by atoms with van der Waals surface area (Å²) in [6, 6.07) is 8.90. The highest BCUT2D eigenvalue weighted by Gasteiger charge is 2.20. The van der Waals surface area contributed by atoms with Crippen LogP contribution in [-0.4, -0.2) is 29.9 Å². The lowest BCUT2D eigenvalue weighted by atomic mass is 10.00. The van der Waals surface area contributed by atoms with E-state index in [0.29, 0.717) is 19.0 Å². The number of nitrogens with zero attached hydrogens (tertiary/aromatic N) is 1. The average molecular weight is 288 g/mol. The first-order valence-corrected chi connectivity index (χ1v) is 8.26. The van der Waals surface area contributed by atoms with E-state index in [-0.39, 0.29) is 5.91 Å². The van der Waals surface area contributed by atoms with Gasteiger partial charge in [-0.1, -0.05) is 37.6 Å². The van der Waals surface area contributed by atoms with Crippen molar-refractivity contribution >= 4 is 5.91 Å². The van der Waals surface area contributed by atoms with Crippen LogP contribution in [0.2, 0.25) is 0 Å². The molecule has 0 radical (unpaired) electrons. The van der Waals surface area contributed by atoms with Crippen molar-refractivity contribution in [1.82, 2.24) is 10.2 Å². The Kier molecular flexibility index (Phi) is 6.24. The van der Waals surface area contributed by atoms with E-state index in [9.17, 15) is 4.79 Å². The molecule has 0 aliphatic carbocycles. The number of carbonyl (C=O) groups excluding carboxylic acids is 1. The van der Waals surface area contributed by atoms with Gasteiger partial charge in [-0.15, -0.1) is 0 Å². The molecule has 1 heterocycles. The summed E-state index contributed by atoms with van der Waals surface area (Å²) >= 11 is 0. The maximum absolute atomic E-state index is 12.0. The Balaban J connectivity index is 1.73. The number of aryl methyl sites for hydroxylation is 1. The molecule has 0 saturated carbocycles. The van der Waals surface area contributed by atoms with Crippen molar-refractivity contribution in [3.63, 3.8) is 0 Å². The van der Waals surface area contributed by atoms with Gasteiger partial charge in [0.2, 0.25) is 5.91 Å². The smallest absolute Gasteiger partial charge is 0.221 e. The third kappa shape index (κ3) is 4.85. The number of nitrogens with one attached hydrogen (secondary N) is 1. The zero-order valence-corrected chi connectivity index (χ0v) is 13.4. The number of rotatable bonds is 6. The fourth-order valence-corrected chi connectivity index (χ4v) is 3.15. The second-order valence-electron chi connectivity index (χ2n) is 6.05. The lowest BCUT2D eigenvalue weighted by Crippen LogP contribution is -2.41. The summed E-state index contributed by atoms with van der Waals surface area (Å²) in [5, 5.41) is 3.05. The molecule has 1 amide bonds. The number of hydrogen-bond donors (Lipinski definition) is 1. The Labute approximate surface area is 128 Å². The van der Waals surface area contributed by atoms with Gasteiger partial charge in [0.25, 0.3) is 0 Å². The molecule has 1 aromatic carbocycles. The molecule has 1 aromatic rings. The molecule has 1 aliphatic rings. The van der Waals surface area contributed by atoms with Crippen LogP contribution in [0.15, 0.2) is 24.3 Å². The molecule has 3 nitrogen and oxygen atoms in total. The van der Waals surface area contributed by atoms with Gasteiger partial charge in [-0.3, -0.25) is 9.69 Å². The molecule has 0 bridgehead atoms. The first kappa shape index (κ1) is 16.0. The minimum Gasteiger partial charge on any atom is -0.352 e. The zero-order chi connectivity index (χ0) is 15.1. The number of hydrogen-bond acceptors (Lipinski definition) is 2. The minimum atomic E-state index is 0.165. The summed E-state index contributed by atoms with van der Waals surface area (Å²) in [5.41, 5.74) is 2.44. The van der Waals surface area contributed by atoms with E-state index in [0.717, 1.165) is 13.1 Å². The van der Waals surface area contributed by atoms with E-state index >= 15 is 0 Å². The van der Waals surface area contributed by atoms with Crippen LogP contribution < -0.4 is 5.32 Å². The fraction of sp³-hybridized carbons (Fsp3) is 0.611. The van der Waals surface area contributed by atoms with E-state index in [2.05, 4.69) is 36.2 Å². The van der Waals surface area contributed by atoms with Crippen LogP contribution in [0.3, 0.4) is 0 Å². The summed E-state index contributed by atoms with van der Waals surface area (Å²) in [4.78, 5) is 14.5. The lowest BCUT2D eigenvalue weighted by Gasteiger charge is -2.35. The van der Waals surface area contributed by atoms with Crippen LogP contribution in [0.25, 0.3) is 0 Å². The Bertz CT molecular complexity index is 458. The quantitative estimate of drug-likeness (QED) is 0.871. The molecule has 1 fully saturated rings. The van der Waals surface area contributed by atoms with Crippen molar-refractivity contribution in [2.24, 2.45) is 0 Å². The van der Waals surface area contributed by atoms with Crippen molar-refractivity contribution in [1.29, 1.82) is 0 Å². The summed E-state index contributed by atoms with van der Waals surface area (Å²) < 4.78 is 0. The van der Waals surface area contributed by atoms with Gasteiger partial charge in [0.1, 0.15) is 0 Å². The van der Waals surface area contributed by atoms with Gasteiger partial charge in [-0.25, -0.2) is 0 Å². The molecule has 1 atom stereocenters.